The molecule has 132 valence electrons. The van der Waals surface area contributed by atoms with E-state index in [-0.39, 0.29) is 5.91 Å². The number of esters is 1. The van der Waals surface area contributed by atoms with Gasteiger partial charge in [0.15, 0.2) is 11.5 Å². The molecule has 0 fully saturated rings. The lowest BCUT2D eigenvalue weighted by molar-refractivity contribution is -0.144. The molecular formula is C17H23NO5S. The molecular weight excluding hydrogens is 330 g/mol. The lowest BCUT2D eigenvalue weighted by atomic mass is 10.1. The van der Waals surface area contributed by atoms with Gasteiger partial charge in [0.25, 0.3) is 0 Å². The number of rotatable bonds is 9. The Kier molecular flexibility index (Phi) is 8.78. The molecule has 1 amide bonds. The summed E-state index contributed by atoms with van der Waals surface area (Å²) in [6.07, 6.45) is 5.41. The molecule has 0 spiro atoms. The highest BCUT2D eigenvalue weighted by Gasteiger charge is 2.20. The molecule has 0 saturated heterocycles. The van der Waals surface area contributed by atoms with E-state index in [4.69, 9.17) is 14.2 Å². The zero-order valence-corrected chi connectivity index (χ0v) is 15.1. The molecule has 0 unspecified atom stereocenters. The lowest BCUT2D eigenvalue weighted by Gasteiger charge is -2.14. The van der Waals surface area contributed by atoms with Gasteiger partial charge >= 0.3 is 5.97 Å². The monoisotopic (exact) mass is 353 g/mol. The molecule has 1 aromatic carbocycles. The zero-order chi connectivity index (χ0) is 17.9. The van der Waals surface area contributed by atoms with Gasteiger partial charge in [-0.1, -0.05) is 12.1 Å². The number of nitrogens with one attached hydrogen (secondary N) is 1. The highest BCUT2D eigenvalue weighted by molar-refractivity contribution is 7.98. The molecule has 1 rings (SSSR count). The summed E-state index contributed by atoms with van der Waals surface area (Å²) in [4.78, 5) is 23.8. The number of methoxy groups -OCH3 is 3. The second kappa shape index (κ2) is 10.6. The zero-order valence-electron chi connectivity index (χ0n) is 14.3. The van der Waals surface area contributed by atoms with E-state index in [2.05, 4.69) is 5.32 Å². The first kappa shape index (κ1) is 19.9. The summed E-state index contributed by atoms with van der Waals surface area (Å²) in [6.45, 7) is 0. The van der Waals surface area contributed by atoms with E-state index in [0.29, 0.717) is 23.5 Å². The van der Waals surface area contributed by atoms with Crippen LogP contribution in [0.1, 0.15) is 12.0 Å². The number of benzene rings is 1. The van der Waals surface area contributed by atoms with E-state index in [0.717, 1.165) is 5.75 Å². The van der Waals surface area contributed by atoms with Crippen molar-refractivity contribution in [2.45, 2.75) is 12.5 Å². The van der Waals surface area contributed by atoms with Crippen molar-refractivity contribution < 1.29 is 23.8 Å². The summed E-state index contributed by atoms with van der Waals surface area (Å²) in [5, 5.41) is 2.65. The van der Waals surface area contributed by atoms with E-state index in [1.807, 2.05) is 6.26 Å². The fraction of sp³-hybridized carbons (Fsp3) is 0.412. The Bertz CT molecular complexity index is 588. The first-order valence-corrected chi connectivity index (χ1v) is 8.73. The Morgan fingerprint density at radius 2 is 2.00 bits per heavy atom. The summed E-state index contributed by atoms with van der Waals surface area (Å²) >= 11 is 1.60. The van der Waals surface area contributed by atoms with Crippen molar-refractivity contribution >= 4 is 29.7 Å². The Balaban J connectivity index is 2.82. The normalized spacial score (nSPS) is 11.8. The molecule has 6 nitrogen and oxygen atoms in total. The Hall–Kier alpha value is -2.15. The van der Waals surface area contributed by atoms with Crippen LogP contribution in [-0.2, 0) is 14.3 Å². The number of amides is 1. The molecule has 0 radical (unpaired) electrons. The van der Waals surface area contributed by atoms with E-state index in [1.165, 1.54) is 20.3 Å². The maximum absolute atomic E-state index is 12.1. The van der Waals surface area contributed by atoms with Gasteiger partial charge in [-0.3, -0.25) is 4.79 Å². The number of hydrogen-bond donors (Lipinski definition) is 1. The van der Waals surface area contributed by atoms with Crippen molar-refractivity contribution in [3.8, 4) is 11.5 Å². The van der Waals surface area contributed by atoms with Crippen molar-refractivity contribution in [1.82, 2.24) is 5.32 Å². The average molecular weight is 353 g/mol. The van der Waals surface area contributed by atoms with Crippen LogP contribution in [0, 0.1) is 0 Å². The van der Waals surface area contributed by atoms with Gasteiger partial charge in [-0.05, 0) is 30.6 Å². The number of hydrogen-bond acceptors (Lipinski definition) is 6. The smallest absolute Gasteiger partial charge is 0.328 e. The topological polar surface area (TPSA) is 73.9 Å². The van der Waals surface area contributed by atoms with Crippen LogP contribution in [0.3, 0.4) is 0 Å². The predicted molar refractivity (Wildman–Crippen MR) is 95.5 cm³/mol. The van der Waals surface area contributed by atoms with E-state index < -0.39 is 12.0 Å². The number of ether oxygens (including phenoxy) is 3. The highest BCUT2D eigenvalue weighted by atomic mass is 32.2. The van der Waals surface area contributed by atoms with Crippen LogP contribution in [0.5, 0.6) is 11.5 Å². The second-order valence-corrected chi connectivity index (χ2v) is 5.77. The number of para-hydroxylation sites is 1. The molecule has 1 aromatic rings. The number of carbonyl (C=O) groups excluding carboxylic acids is 2. The Morgan fingerprint density at radius 1 is 1.25 bits per heavy atom. The van der Waals surface area contributed by atoms with Crippen molar-refractivity contribution in [2.75, 3.05) is 33.3 Å². The molecule has 1 atom stereocenters. The maximum Gasteiger partial charge on any atom is 0.328 e. The molecule has 0 heterocycles. The first-order chi connectivity index (χ1) is 11.6. The van der Waals surface area contributed by atoms with Gasteiger partial charge in [-0.25, -0.2) is 4.79 Å². The minimum absolute atomic E-state index is 0.378. The molecule has 0 aromatic heterocycles. The molecule has 0 aliphatic rings. The molecule has 0 aliphatic carbocycles. The predicted octanol–water partition coefficient (Wildman–Crippen LogP) is 2.13. The van der Waals surface area contributed by atoms with Crippen molar-refractivity contribution in [3.63, 3.8) is 0 Å². The fourth-order valence-electron chi connectivity index (χ4n) is 2.06. The SMILES string of the molecule is COC(=O)[C@H](CCSC)NC(=O)/C=C/c1cccc(OC)c1OC. The highest BCUT2D eigenvalue weighted by Crippen LogP contribution is 2.31. The van der Waals surface area contributed by atoms with Crippen LogP contribution in [0.4, 0.5) is 0 Å². The molecule has 1 N–H and O–H groups in total. The second-order valence-electron chi connectivity index (χ2n) is 4.78. The fourth-order valence-corrected chi connectivity index (χ4v) is 2.53. The summed E-state index contributed by atoms with van der Waals surface area (Å²) in [7, 11) is 4.38. The molecule has 0 bridgehead atoms. The van der Waals surface area contributed by atoms with Gasteiger partial charge in [0.2, 0.25) is 5.91 Å². The van der Waals surface area contributed by atoms with Gasteiger partial charge in [0, 0.05) is 11.6 Å². The Labute approximate surface area is 146 Å². The van der Waals surface area contributed by atoms with Crippen LogP contribution < -0.4 is 14.8 Å². The minimum Gasteiger partial charge on any atom is -0.493 e. The van der Waals surface area contributed by atoms with Gasteiger partial charge in [0.05, 0.1) is 21.3 Å². The average Bonchev–Trinajstić information content (AvgIpc) is 2.61. The molecule has 0 aliphatic heterocycles. The molecule has 7 heteroatoms. The third kappa shape index (κ3) is 5.81. The van der Waals surface area contributed by atoms with Gasteiger partial charge in [-0.2, -0.15) is 11.8 Å². The van der Waals surface area contributed by atoms with Gasteiger partial charge in [-0.15, -0.1) is 0 Å². The lowest BCUT2D eigenvalue weighted by Crippen LogP contribution is -2.41. The van der Waals surface area contributed by atoms with Crippen LogP contribution in [-0.4, -0.2) is 51.3 Å². The van der Waals surface area contributed by atoms with Crippen molar-refractivity contribution in [1.29, 1.82) is 0 Å². The van der Waals surface area contributed by atoms with Gasteiger partial charge < -0.3 is 19.5 Å². The summed E-state index contributed by atoms with van der Waals surface area (Å²) in [5.74, 6) is 1.03. The quantitative estimate of drug-likeness (QED) is 0.541. The van der Waals surface area contributed by atoms with Crippen LogP contribution >= 0.6 is 11.8 Å². The molecule has 0 saturated carbocycles. The van der Waals surface area contributed by atoms with Crippen molar-refractivity contribution in [3.05, 3.63) is 29.8 Å². The maximum atomic E-state index is 12.1. The van der Waals surface area contributed by atoms with Crippen molar-refractivity contribution in [2.24, 2.45) is 0 Å². The third-order valence-electron chi connectivity index (χ3n) is 3.26. The van der Waals surface area contributed by atoms with E-state index in [1.54, 1.807) is 43.1 Å². The number of thioether (sulfide) groups is 1. The summed E-state index contributed by atoms with van der Waals surface area (Å²) < 4.78 is 15.2. The number of carbonyl (C=O) groups is 2. The summed E-state index contributed by atoms with van der Waals surface area (Å²) in [6, 6.07) is 4.71. The van der Waals surface area contributed by atoms with Gasteiger partial charge in [0.1, 0.15) is 6.04 Å². The van der Waals surface area contributed by atoms with E-state index >= 15 is 0 Å². The standard InChI is InChI=1S/C17H23NO5S/c1-21-14-7-5-6-12(16(14)22-2)8-9-15(19)18-13(10-11-24-4)17(20)23-3/h5-9,13H,10-11H2,1-4H3,(H,18,19)/b9-8+/t13-/m0/s1. The van der Waals surface area contributed by atoms with Crippen LogP contribution in [0.2, 0.25) is 0 Å². The van der Waals surface area contributed by atoms with E-state index in [9.17, 15) is 9.59 Å². The third-order valence-corrected chi connectivity index (χ3v) is 3.90. The first-order valence-electron chi connectivity index (χ1n) is 7.33. The largest absolute Gasteiger partial charge is 0.493 e. The Morgan fingerprint density at radius 3 is 2.58 bits per heavy atom. The van der Waals surface area contributed by atoms with Crippen LogP contribution in [0.25, 0.3) is 6.08 Å². The summed E-state index contributed by atoms with van der Waals surface area (Å²) in [5.41, 5.74) is 0.700. The van der Waals surface area contributed by atoms with Crippen LogP contribution in [0.15, 0.2) is 24.3 Å². The minimum atomic E-state index is -0.660. The molecule has 24 heavy (non-hydrogen) atoms.